The molecule has 0 aromatic heterocycles. The van der Waals surface area contributed by atoms with Crippen molar-refractivity contribution in [2.75, 3.05) is 0 Å². The zero-order valence-corrected chi connectivity index (χ0v) is 10.7. The van der Waals surface area contributed by atoms with E-state index in [0.717, 1.165) is 11.1 Å². The van der Waals surface area contributed by atoms with Gasteiger partial charge in [0.15, 0.2) is 0 Å². The van der Waals surface area contributed by atoms with Crippen LogP contribution in [0.1, 0.15) is 33.3 Å². The third-order valence-corrected chi connectivity index (χ3v) is 10.6. The Hall–Kier alpha value is -0.563. The van der Waals surface area contributed by atoms with Crippen LogP contribution >= 0.6 is 0 Å². The predicted octanol–water partition coefficient (Wildman–Crippen LogP) is 3.26. The zero-order chi connectivity index (χ0) is 10.3. The normalized spacial score (nSPS) is 18.1. The summed E-state index contributed by atoms with van der Waals surface area (Å²) in [6, 6.07) is 10.5. The molecule has 1 heteroatoms. The van der Waals surface area contributed by atoms with Crippen molar-refractivity contribution >= 4 is 13.3 Å². The van der Waals surface area contributed by atoms with Crippen LogP contribution in [0.3, 0.4) is 0 Å². The quantitative estimate of drug-likeness (QED) is 0.649. The molecule has 1 heterocycles. The van der Waals surface area contributed by atoms with Gasteiger partial charge in [0.2, 0.25) is 0 Å². The summed E-state index contributed by atoms with van der Waals surface area (Å²) in [7, 11) is -1.12. The van der Waals surface area contributed by atoms with Crippen molar-refractivity contribution in [1.29, 1.82) is 0 Å². The lowest BCUT2D eigenvalue weighted by molar-refractivity contribution is 0.872. The molecule has 0 radical (unpaired) electrons. The first-order chi connectivity index (χ1) is 6.59. The molecule has 1 aromatic rings. The highest BCUT2D eigenvalue weighted by Crippen LogP contribution is 2.40. The second-order valence-corrected chi connectivity index (χ2v) is 10.5. The molecule has 0 nitrogen and oxygen atoms in total. The first-order valence-electron chi connectivity index (χ1n) is 5.67. The average molecular weight is 204 g/mol. The summed E-state index contributed by atoms with van der Waals surface area (Å²) >= 11 is 0. The molecule has 76 valence electrons. The Bertz CT molecular complexity index is 331. The Morgan fingerprint density at radius 3 is 2.07 bits per heavy atom. The van der Waals surface area contributed by atoms with Crippen molar-refractivity contribution in [3.8, 4) is 0 Å². The molecule has 1 aliphatic heterocycles. The van der Waals surface area contributed by atoms with Gasteiger partial charge in [0, 0.05) is 0 Å². The smallest absolute Gasteiger partial charge is 0.0648 e. The number of hydrogen-bond acceptors (Lipinski definition) is 0. The summed E-state index contributed by atoms with van der Waals surface area (Å²) < 4.78 is 0. The highest BCUT2D eigenvalue weighted by Gasteiger charge is 2.49. The first kappa shape index (κ1) is 9.97. The van der Waals surface area contributed by atoms with Crippen molar-refractivity contribution in [1.82, 2.24) is 0 Å². The van der Waals surface area contributed by atoms with Gasteiger partial charge in [0.25, 0.3) is 0 Å². The number of fused-ring (bicyclic) bond motifs is 1. The van der Waals surface area contributed by atoms with E-state index in [0.29, 0.717) is 0 Å². The van der Waals surface area contributed by atoms with Crippen LogP contribution in [-0.4, -0.2) is 8.07 Å². The number of hydrogen-bond donors (Lipinski definition) is 0. The molecule has 0 N–H and O–H groups in total. The monoisotopic (exact) mass is 204 g/mol. The summed E-state index contributed by atoms with van der Waals surface area (Å²) in [6.45, 7) is 9.68. The Balaban J connectivity index is 2.46. The van der Waals surface area contributed by atoms with Gasteiger partial charge in [-0.1, -0.05) is 62.7 Å². The van der Waals surface area contributed by atoms with Crippen LogP contribution in [-0.2, 0) is 6.04 Å². The van der Waals surface area contributed by atoms with E-state index in [9.17, 15) is 0 Å². The fraction of sp³-hybridized carbons (Fsp3) is 0.538. The lowest BCUT2D eigenvalue weighted by atomic mass is 10.2. The summed E-state index contributed by atoms with van der Waals surface area (Å²) in [6.07, 6.45) is 0. The molecule has 0 aliphatic carbocycles. The van der Waals surface area contributed by atoms with E-state index in [4.69, 9.17) is 0 Å². The van der Waals surface area contributed by atoms with Crippen LogP contribution in [0.5, 0.6) is 0 Å². The van der Waals surface area contributed by atoms with Crippen molar-refractivity contribution in [2.45, 2.75) is 44.8 Å². The van der Waals surface area contributed by atoms with Crippen molar-refractivity contribution < 1.29 is 0 Å². The van der Waals surface area contributed by atoms with Gasteiger partial charge >= 0.3 is 0 Å². The van der Waals surface area contributed by atoms with Gasteiger partial charge in [-0.3, -0.25) is 0 Å². The molecule has 1 aromatic carbocycles. The maximum absolute atomic E-state index is 2.42. The lowest BCUT2D eigenvalue weighted by Crippen LogP contribution is -2.64. The Labute approximate surface area is 88.4 Å². The summed E-state index contributed by atoms with van der Waals surface area (Å²) in [5.74, 6) is 0. The molecule has 0 saturated carbocycles. The highest BCUT2D eigenvalue weighted by molar-refractivity contribution is 6.97. The van der Waals surface area contributed by atoms with Crippen molar-refractivity contribution in [3.63, 3.8) is 0 Å². The molecule has 0 saturated heterocycles. The molecule has 0 spiro atoms. The Kier molecular flexibility index (Phi) is 2.30. The van der Waals surface area contributed by atoms with E-state index in [1.165, 1.54) is 6.04 Å². The van der Waals surface area contributed by atoms with Crippen LogP contribution in [0, 0.1) is 0 Å². The molecule has 2 rings (SSSR count). The molecular weight excluding hydrogens is 184 g/mol. The van der Waals surface area contributed by atoms with Crippen LogP contribution in [0.25, 0.3) is 0 Å². The van der Waals surface area contributed by atoms with Gasteiger partial charge in [-0.2, -0.15) is 0 Å². The van der Waals surface area contributed by atoms with E-state index < -0.39 is 8.07 Å². The SMILES string of the molecule is CC(C)[Si]1(C(C)C)Cc2ccccc21. The number of rotatable bonds is 2. The third-order valence-electron chi connectivity index (χ3n) is 4.06. The largest absolute Gasteiger partial charge is 0.0963 e. The van der Waals surface area contributed by atoms with Crippen molar-refractivity contribution in [3.05, 3.63) is 29.8 Å². The second-order valence-electron chi connectivity index (χ2n) is 5.18. The molecule has 14 heavy (non-hydrogen) atoms. The average Bonchev–Trinajstić information content (AvgIpc) is 2.06. The van der Waals surface area contributed by atoms with Crippen LogP contribution in [0.2, 0.25) is 11.1 Å². The fourth-order valence-electron chi connectivity index (χ4n) is 3.13. The van der Waals surface area contributed by atoms with E-state index in [-0.39, 0.29) is 0 Å². The molecule has 0 bridgehead atoms. The van der Waals surface area contributed by atoms with Crippen LogP contribution in [0.4, 0.5) is 0 Å². The minimum absolute atomic E-state index is 0.886. The minimum atomic E-state index is -1.12. The molecule has 1 aliphatic rings. The van der Waals surface area contributed by atoms with E-state index in [2.05, 4.69) is 52.0 Å². The lowest BCUT2D eigenvalue weighted by Gasteiger charge is -2.48. The maximum atomic E-state index is 2.42. The van der Waals surface area contributed by atoms with Gasteiger partial charge in [0.1, 0.15) is 0 Å². The second kappa shape index (κ2) is 3.23. The minimum Gasteiger partial charge on any atom is -0.0648 e. The van der Waals surface area contributed by atoms with E-state index >= 15 is 0 Å². The van der Waals surface area contributed by atoms with E-state index in [1.54, 1.807) is 10.8 Å². The molecule has 0 amide bonds. The Morgan fingerprint density at radius 1 is 1.00 bits per heavy atom. The van der Waals surface area contributed by atoms with Crippen molar-refractivity contribution in [2.24, 2.45) is 0 Å². The van der Waals surface area contributed by atoms with E-state index in [1.807, 2.05) is 0 Å². The first-order valence-corrected chi connectivity index (χ1v) is 8.03. The number of benzene rings is 1. The highest BCUT2D eigenvalue weighted by atomic mass is 28.3. The topological polar surface area (TPSA) is 0 Å². The van der Waals surface area contributed by atoms with Crippen LogP contribution in [0.15, 0.2) is 24.3 Å². The standard InChI is InChI=1S/C13H20Si/c1-10(2)14(11(3)4)9-12-7-5-6-8-13(12)14/h5-8,10-11H,9H2,1-4H3. The summed E-state index contributed by atoms with van der Waals surface area (Å²) in [4.78, 5) is 0. The molecule has 0 unspecified atom stereocenters. The third kappa shape index (κ3) is 1.11. The van der Waals surface area contributed by atoms with Gasteiger partial charge in [-0.15, -0.1) is 0 Å². The van der Waals surface area contributed by atoms with Crippen LogP contribution < -0.4 is 5.19 Å². The predicted molar refractivity (Wildman–Crippen MR) is 65.7 cm³/mol. The van der Waals surface area contributed by atoms with Gasteiger partial charge in [-0.05, 0) is 17.1 Å². The molecular formula is C13H20Si. The Morgan fingerprint density at radius 2 is 1.57 bits per heavy atom. The van der Waals surface area contributed by atoms with Gasteiger partial charge < -0.3 is 0 Å². The molecule has 0 fully saturated rings. The van der Waals surface area contributed by atoms with Gasteiger partial charge in [-0.25, -0.2) is 0 Å². The molecule has 0 atom stereocenters. The van der Waals surface area contributed by atoms with Gasteiger partial charge in [0.05, 0.1) is 8.07 Å². The zero-order valence-electron chi connectivity index (χ0n) is 9.67. The summed E-state index contributed by atoms with van der Waals surface area (Å²) in [5.41, 5.74) is 3.40. The fourth-order valence-corrected chi connectivity index (χ4v) is 8.53. The summed E-state index contributed by atoms with van der Waals surface area (Å²) in [5, 5.41) is 1.74. The maximum Gasteiger partial charge on any atom is 0.0963 e.